The Morgan fingerprint density at radius 1 is 1.17 bits per heavy atom. The first kappa shape index (κ1) is 16.1. The van der Waals surface area contributed by atoms with Gasteiger partial charge in [0.05, 0.1) is 6.04 Å². The average Bonchev–Trinajstić information content (AvgIpc) is 3.03. The van der Waals surface area contributed by atoms with Gasteiger partial charge in [-0.25, -0.2) is 0 Å². The van der Waals surface area contributed by atoms with Crippen molar-refractivity contribution in [1.82, 2.24) is 4.90 Å². The molecule has 3 aromatic rings. The van der Waals surface area contributed by atoms with E-state index < -0.39 is 0 Å². The van der Waals surface area contributed by atoms with E-state index in [9.17, 15) is 4.79 Å². The van der Waals surface area contributed by atoms with E-state index in [1.165, 1.54) is 0 Å². The van der Waals surface area contributed by atoms with Crippen LogP contribution in [0.4, 0.5) is 0 Å². The van der Waals surface area contributed by atoms with Crippen molar-refractivity contribution in [2.75, 3.05) is 13.7 Å². The second-order valence-electron chi connectivity index (χ2n) is 5.97. The highest BCUT2D eigenvalue weighted by Crippen LogP contribution is 2.26. The summed E-state index contributed by atoms with van der Waals surface area (Å²) in [5.41, 5.74) is 1.99. The van der Waals surface area contributed by atoms with Crippen molar-refractivity contribution in [3.8, 4) is 5.75 Å². The predicted octanol–water partition coefficient (Wildman–Crippen LogP) is 4.34. The van der Waals surface area contributed by atoms with Crippen LogP contribution in [0.2, 0.25) is 0 Å². The Hall–Kier alpha value is -2.75. The van der Waals surface area contributed by atoms with E-state index in [0.29, 0.717) is 5.75 Å². The fraction of sp³-hybridized carbons (Fsp3) is 0.250. The number of likely N-dealkylation sites (N-methyl/N-ethyl adjacent to an activating group) is 1. The molecule has 0 aliphatic carbocycles. The maximum Gasteiger partial charge on any atom is 0.260 e. The molecule has 0 fully saturated rings. The second-order valence-corrected chi connectivity index (χ2v) is 5.97. The summed E-state index contributed by atoms with van der Waals surface area (Å²) in [4.78, 5) is 14.0. The van der Waals surface area contributed by atoms with Gasteiger partial charge >= 0.3 is 0 Å². The van der Waals surface area contributed by atoms with Gasteiger partial charge in [-0.3, -0.25) is 4.79 Å². The van der Waals surface area contributed by atoms with E-state index in [1.54, 1.807) is 11.9 Å². The molecule has 0 spiro atoms. The Kier molecular flexibility index (Phi) is 4.56. The van der Waals surface area contributed by atoms with E-state index in [-0.39, 0.29) is 18.6 Å². The summed E-state index contributed by atoms with van der Waals surface area (Å²) in [5.74, 6) is 1.37. The molecule has 1 amide bonds. The van der Waals surface area contributed by atoms with Crippen molar-refractivity contribution in [1.29, 1.82) is 0 Å². The molecule has 124 valence electrons. The van der Waals surface area contributed by atoms with Crippen LogP contribution in [0.1, 0.15) is 24.3 Å². The normalized spacial score (nSPS) is 12.1. The number of ether oxygens (including phenoxy) is 1. The van der Waals surface area contributed by atoms with Crippen LogP contribution < -0.4 is 4.74 Å². The van der Waals surface area contributed by atoms with Crippen LogP contribution in [-0.4, -0.2) is 24.5 Å². The van der Waals surface area contributed by atoms with Crippen LogP contribution >= 0.6 is 0 Å². The monoisotopic (exact) mass is 323 g/mol. The fourth-order valence-corrected chi connectivity index (χ4v) is 2.50. The summed E-state index contributed by atoms with van der Waals surface area (Å²) in [5, 5.41) is 1.04. The molecule has 2 aromatic carbocycles. The lowest BCUT2D eigenvalue weighted by atomic mass is 10.2. The zero-order chi connectivity index (χ0) is 17.1. The summed E-state index contributed by atoms with van der Waals surface area (Å²) in [7, 11) is 1.76. The molecule has 0 bridgehead atoms. The van der Waals surface area contributed by atoms with Crippen LogP contribution in [-0.2, 0) is 4.79 Å². The number of fused-ring (bicyclic) bond motifs is 1. The first-order valence-corrected chi connectivity index (χ1v) is 7.98. The van der Waals surface area contributed by atoms with E-state index >= 15 is 0 Å². The molecule has 0 saturated carbocycles. The van der Waals surface area contributed by atoms with Crippen molar-refractivity contribution < 1.29 is 13.9 Å². The lowest BCUT2D eigenvalue weighted by Crippen LogP contribution is -2.33. The van der Waals surface area contributed by atoms with E-state index in [2.05, 4.69) is 0 Å². The molecule has 3 rings (SSSR count). The second kappa shape index (κ2) is 6.79. The summed E-state index contributed by atoms with van der Waals surface area (Å²) in [6, 6.07) is 17.3. The smallest absolute Gasteiger partial charge is 0.260 e. The van der Waals surface area contributed by atoms with Crippen LogP contribution in [0.5, 0.6) is 5.75 Å². The molecule has 4 nitrogen and oxygen atoms in total. The fourth-order valence-electron chi connectivity index (χ4n) is 2.50. The summed E-state index contributed by atoms with van der Waals surface area (Å²) in [6.45, 7) is 3.96. The molecule has 0 aliphatic rings. The van der Waals surface area contributed by atoms with E-state index in [0.717, 1.165) is 22.3 Å². The van der Waals surface area contributed by atoms with Crippen molar-refractivity contribution >= 4 is 16.9 Å². The molecule has 0 saturated heterocycles. The van der Waals surface area contributed by atoms with Gasteiger partial charge in [-0.1, -0.05) is 35.9 Å². The first-order valence-electron chi connectivity index (χ1n) is 7.98. The quantitative estimate of drug-likeness (QED) is 0.701. The van der Waals surface area contributed by atoms with Crippen LogP contribution in [0, 0.1) is 6.92 Å². The van der Waals surface area contributed by atoms with Gasteiger partial charge in [-0.2, -0.15) is 0 Å². The largest absolute Gasteiger partial charge is 0.484 e. The number of rotatable bonds is 5. The third-order valence-corrected chi connectivity index (χ3v) is 4.21. The maximum absolute atomic E-state index is 12.4. The molecule has 4 heteroatoms. The molecule has 24 heavy (non-hydrogen) atoms. The van der Waals surface area contributed by atoms with Gasteiger partial charge in [0.15, 0.2) is 6.61 Å². The Morgan fingerprint density at radius 2 is 1.88 bits per heavy atom. The lowest BCUT2D eigenvalue weighted by molar-refractivity contribution is -0.134. The maximum atomic E-state index is 12.4. The third-order valence-electron chi connectivity index (χ3n) is 4.21. The molecule has 1 unspecified atom stereocenters. The van der Waals surface area contributed by atoms with Crippen LogP contribution in [0.25, 0.3) is 11.0 Å². The van der Waals surface area contributed by atoms with Crippen LogP contribution in [0.15, 0.2) is 59.0 Å². The zero-order valence-corrected chi connectivity index (χ0v) is 14.2. The first-order chi connectivity index (χ1) is 11.5. The number of hydrogen-bond acceptors (Lipinski definition) is 3. The number of carbonyl (C=O) groups is 1. The number of hydrogen-bond donors (Lipinski definition) is 0. The SMILES string of the molecule is Cc1ccc(OCC(=O)N(C)C(C)c2cc3ccccc3o2)cc1. The Balaban J connectivity index is 1.64. The Labute approximate surface area is 141 Å². The third kappa shape index (κ3) is 3.43. The minimum absolute atomic E-state index is 0.00410. The van der Waals surface area contributed by atoms with Gasteiger partial charge < -0.3 is 14.1 Å². The van der Waals surface area contributed by atoms with Gasteiger partial charge in [0.25, 0.3) is 5.91 Å². The topological polar surface area (TPSA) is 42.7 Å². The van der Waals surface area contributed by atoms with Gasteiger partial charge in [-0.05, 0) is 38.1 Å². The van der Waals surface area contributed by atoms with Gasteiger partial charge in [0.2, 0.25) is 0 Å². The molecule has 1 heterocycles. The van der Waals surface area contributed by atoms with Gasteiger partial charge in [-0.15, -0.1) is 0 Å². The van der Waals surface area contributed by atoms with Crippen molar-refractivity contribution in [2.24, 2.45) is 0 Å². The minimum atomic E-state index is -0.161. The summed E-state index contributed by atoms with van der Waals surface area (Å²) in [6.07, 6.45) is 0. The number of aryl methyl sites for hydroxylation is 1. The summed E-state index contributed by atoms with van der Waals surface area (Å²) < 4.78 is 11.4. The molecule has 1 aromatic heterocycles. The number of amides is 1. The Bertz CT molecular complexity index is 802. The van der Waals surface area contributed by atoms with E-state index in [1.807, 2.05) is 68.4 Å². The Morgan fingerprint density at radius 3 is 2.58 bits per heavy atom. The average molecular weight is 323 g/mol. The molecule has 0 N–H and O–H groups in total. The minimum Gasteiger partial charge on any atom is -0.484 e. The highest BCUT2D eigenvalue weighted by Gasteiger charge is 2.21. The molecule has 1 atom stereocenters. The molecule has 0 radical (unpaired) electrons. The zero-order valence-electron chi connectivity index (χ0n) is 14.2. The highest BCUT2D eigenvalue weighted by atomic mass is 16.5. The summed E-state index contributed by atoms with van der Waals surface area (Å²) >= 11 is 0. The number of para-hydroxylation sites is 1. The van der Waals surface area contributed by atoms with Crippen molar-refractivity contribution in [3.05, 3.63) is 65.9 Å². The van der Waals surface area contributed by atoms with Crippen LogP contribution in [0.3, 0.4) is 0 Å². The number of benzene rings is 2. The van der Waals surface area contributed by atoms with Crippen molar-refractivity contribution in [2.45, 2.75) is 19.9 Å². The van der Waals surface area contributed by atoms with E-state index in [4.69, 9.17) is 9.15 Å². The van der Waals surface area contributed by atoms with Gasteiger partial charge in [0.1, 0.15) is 17.1 Å². The number of furan rings is 1. The lowest BCUT2D eigenvalue weighted by Gasteiger charge is -2.23. The predicted molar refractivity (Wildman–Crippen MR) is 94.1 cm³/mol. The standard InChI is InChI=1S/C20H21NO3/c1-14-8-10-17(11-9-14)23-13-20(22)21(3)15(2)19-12-16-6-4-5-7-18(16)24-19/h4-12,15H,13H2,1-3H3. The molecular formula is C20H21NO3. The molecular weight excluding hydrogens is 302 g/mol. The number of nitrogens with zero attached hydrogens (tertiary/aromatic N) is 1. The molecule has 0 aliphatic heterocycles. The van der Waals surface area contributed by atoms with Crippen molar-refractivity contribution in [3.63, 3.8) is 0 Å². The van der Waals surface area contributed by atoms with Gasteiger partial charge in [0, 0.05) is 12.4 Å². The number of carbonyl (C=O) groups excluding carboxylic acids is 1. The highest BCUT2D eigenvalue weighted by molar-refractivity contribution is 5.79.